The van der Waals surface area contributed by atoms with Gasteiger partial charge in [-0.25, -0.2) is 5.43 Å². The zero-order valence-corrected chi connectivity index (χ0v) is 16.7. The first-order valence-corrected chi connectivity index (χ1v) is 9.38. The molecule has 3 rings (SSSR count). The van der Waals surface area contributed by atoms with E-state index in [2.05, 4.69) is 31.8 Å². The molecule has 3 aromatic rings. The average Bonchev–Trinajstić information content (AvgIpc) is 2.69. The molecule has 28 heavy (non-hydrogen) atoms. The Labute approximate surface area is 171 Å². The van der Waals surface area contributed by atoms with Crippen LogP contribution in [0.5, 0.6) is 0 Å². The molecule has 0 fully saturated rings. The lowest BCUT2D eigenvalue weighted by molar-refractivity contribution is 0.0953. The number of hydrazone groups is 1. The van der Waals surface area contributed by atoms with Gasteiger partial charge in [0, 0.05) is 21.3 Å². The van der Waals surface area contributed by atoms with Gasteiger partial charge < -0.3 is 5.32 Å². The molecule has 0 aliphatic heterocycles. The second-order valence-electron chi connectivity index (χ2n) is 6.10. The molecule has 0 spiro atoms. The van der Waals surface area contributed by atoms with Gasteiger partial charge in [-0.15, -0.1) is 0 Å². The van der Waals surface area contributed by atoms with Gasteiger partial charge in [0.05, 0.1) is 6.21 Å². The first kappa shape index (κ1) is 19.5. The molecule has 0 atom stereocenters. The SMILES string of the molecule is Cc1ccccc1/C=N\NC(=O)c1cccc(NC(=O)c2cccc(Br)c2)c1. The van der Waals surface area contributed by atoms with Crippen molar-refractivity contribution in [3.05, 3.63) is 99.5 Å². The number of carbonyl (C=O) groups excluding carboxylic acids is 2. The van der Waals surface area contributed by atoms with Crippen LogP contribution in [0, 0.1) is 6.92 Å². The van der Waals surface area contributed by atoms with Crippen LogP contribution in [0.4, 0.5) is 5.69 Å². The third kappa shape index (κ3) is 5.14. The second-order valence-corrected chi connectivity index (χ2v) is 7.02. The number of carbonyl (C=O) groups is 2. The highest BCUT2D eigenvalue weighted by Crippen LogP contribution is 2.15. The molecular weight excluding hydrogens is 418 g/mol. The summed E-state index contributed by atoms with van der Waals surface area (Å²) in [6.45, 7) is 1.97. The van der Waals surface area contributed by atoms with E-state index in [9.17, 15) is 9.59 Å². The molecule has 0 radical (unpaired) electrons. The van der Waals surface area contributed by atoms with Crippen LogP contribution in [0.15, 0.2) is 82.4 Å². The third-order valence-corrected chi connectivity index (χ3v) is 4.52. The number of aryl methyl sites for hydroxylation is 1. The summed E-state index contributed by atoms with van der Waals surface area (Å²) < 4.78 is 0.819. The first-order valence-electron chi connectivity index (χ1n) is 8.59. The zero-order chi connectivity index (χ0) is 19.9. The van der Waals surface area contributed by atoms with Crippen molar-refractivity contribution in [3.63, 3.8) is 0 Å². The van der Waals surface area contributed by atoms with Crippen molar-refractivity contribution in [1.82, 2.24) is 5.43 Å². The normalized spacial score (nSPS) is 10.6. The summed E-state index contributed by atoms with van der Waals surface area (Å²) in [5, 5.41) is 6.80. The number of nitrogens with one attached hydrogen (secondary N) is 2. The summed E-state index contributed by atoms with van der Waals surface area (Å²) in [6, 6.07) is 21.5. The number of anilines is 1. The van der Waals surface area contributed by atoms with Crippen molar-refractivity contribution in [2.24, 2.45) is 5.10 Å². The summed E-state index contributed by atoms with van der Waals surface area (Å²) in [4.78, 5) is 24.7. The fraction of sp³-hybridized carbons (Fsp3) is 0.0455. The largest absolute Gasteiger partial charge is 0.322 e. The highest BCUT2D eigenvalue weighted by molar-refractivity contribution is 9.10. The predicted octanol–water partition coefficient (Wildman–Crippen LogP) is 4.77. The van der Waals surface area contributed by atoms with Gasteiger partial charge in [0.25, 0.3) is 11.8 Å². The standard InChI is InChI=1S/C22H18BrN3O2/c1-15-6-2-3-7-18(15)14-24-26-22(28)17-9-5-11-20(13-17)25-21(27)16-8-4-10-19(23)12-16/h2-14H,1H3,(H,25,27)(H,26,28)/b24-14-. The van der Waals surface area contributed by atoms with Gasteiger partial charge in [0.2, 0.25) is 0 Å². The Morgan fingerprint density at radius 1 is 0.893 bits per heavy atom. The molecule has 0 aliphatic carbocycles. The maximum Gasteiger partial charge on any atom is 0.271 e. The Hall–Kier alpha value is -3.25. The molecule has 0 saturated heterocycles. The summed E-state index contributed by atoms with van der Waals surface area (Å²) in [7, 11) is 0. The highest BCUT2D eigenvalue weighted by Gasteiger charge is 2.09. The monoisotopic (exact) mass is 435 g/mol. The van der Waals surface area contributed by atoms with Crippen molar-refractivity contribution < 1.29 is 9.59 Å². The predicted molar refractivity (Wildman–Crippen MR) is 115 cm³/mol. The summed E-state index contributed by atoms with van der Waals surface area (Å²) >= 11 is 3.35. The Morgan fingerprint density at radius 2 is 1.61 bits per heavy atom. The van der Waals surface area contributed by atoms with Crippen LogP contribution in [-0.2, 0) is 0 Å². The molecule has 2 amide bonds. The molecule has 0 bridgehead atoms. The zero-order valence-electron chi connectivity index (χ0n) is 15.1. The van der Waals surface area contributed by atoms with Gasteiger partial charge >= 0.3 is 0 Å². The minimum absolute atomic E-state index is 0.253. The van der Waals surface area contributed by atoms with Crippen molar-refractivity contribution >= 4 is 39.6 Å². The van der Waals surface area contributed by atoms with Crippen molar-refractivity contribution in [2.45, 2.75) is 6.92 Å². The minimum atomic E-state index is -0.358. The maximum atomic E-state index is 12.4. The Bertz CT molecular complexity index is 1050. The number of benzene rings is 3. The van der Waals surface area contributed by atoms with E-state index in [1.54, 1.807) is 48.7 Å². The van der Waals surface area contributed by atoms with Crippen LogP contribution < -0.4 is 10.7 Å². The molecule has 0 heterocycles. The van der Waals surface area contributed by atoms with Crippen molar-refractivity contribution in [3.8, 4) is 0 Å². The van der Waals surface area contributed by atoms with E-state index in [0.717, 1.165) is 15.6 Å². The van der Waals surface area contributed by atoms with E-state index in [0.29, 0.717) is 16.8 Å². The molecule has 5 nitrogen and oxygen atoms in total. The van der Waals surface area contributed by atoms with E-state index >= 15 is 0 Å². The molecule has 0 aliphatic rings. The molecule has 0 aromatic heterocycles. The molecule has 0 saturated carbocycles. The maximum absolute atomic E-state index is 12.4. The van der Waals surface area contributed by atoms with Crippen LogP contribution in [-0.4, -0.2) is 18.0 Å². The summed E-state index contributed by atoms with van der Waals surface area (Å²) in [5.41, 5.74) is 5.95. The number of rotatable bonds is 5. The van der Waals surface area contributed by atoms with Crippen LogP contribution in [0.25, 0.3) is 0 Å². The Balaban J connectivity index is 1.66. The fourth-order valence-corrected chi connectivity index (χ4v) is 2.93. The van der Waals surface area contributed by atoms with Crippen LogP contribution in [0.3, 0.4) is 0 Å². The first-order chi connectivity index (χ1) is 13.5. The summed E-state index contributed by atoms with van der Waals surface area (Å²) in [6.07, 6.45) is 1.60. The highest BCUT2D eigenvalue weighted by atomic mass is 79.9. The van der Waals surface area contributed by atoms with E-state index in [1.165, 1.54) is 0 Å². The fourth-order valence-electron chi connectivity index (χ4n) is 2.53. The molecule has 3 aromatic carbocycles. The quantitative estimate of drug-likeness (QED) is 0.447. The second kappa shape index (κ2) is 9.10. The van der Waals surface area contributed by atoms with Crippen molar-refractivity contribution in [2.75, 3.05) is 5.32 Å². The Kier molecular flexibility index (Phi) is 6.34. The lowest BCUT2D eigenvalue weighted by atomic mass is 10.1. The number of nitrogens with zero attached hydrogens (tertiary/aromatic N) is 1. The smallest absolute Gasteiger partial charge is 0.271 e. The van der Waals surface area contributed by atoms with E-state index < -0.39 is 0 Å². The topological polar surface area (TPSA) is 70.6 Å². The number of halogens is 1. The van der Waals surface area contributed by atoms with E-state index in [4.69, 9.17) is 0 Å². The van der Waals surface area contributed by atoms with Crippen LogP contribution in [0.1, 0.15) is 31.8 Å². The molecule has 0 unspecified atom stereocenters. The van der Waals surface area contributed by atoms with Gasteiger partial charge in [0.15, 0.2) is 0 Å². The molecule has 2 N–H and O–H groups in total. The van der Waals surface area contributed by atoms with Crippen LogP contribution in [0.2, 0.25) is 0 Å². The van der Waals surface area contributed by atoms with Gasteiger partial charge in [-0.2, -0.15) is 5.10 Å². The van der Waals surface area contributed by atoms with Gasteiger partial charge in [-0.05, 0) is 54.4 Å². The number of hydrogen-bond acceptors (Lipinski definition) is 3. The van der Waals surface area contributed by atoms with Gasteiger partial charge in [0.1, 0.15) is 0 Å². The van der Waals surface area contributed by atoms with Gasteiger partial charge in [-0.3, -0.25) is 9.59 Å². The van der Waals surface area contributed by atoms with E-state index in [1.807, 2.05) is 37.3 Å². The van der Waals surface area contributed by atoms with Crippen LogP contribution >= 0.6 is 15.9 Å². The average molecular weight is 436 g/mol. The van der Waals surface area contributed by atoms with Crippen molar-refractivity contribution in [1.29, 1.82) is 0 Å². The molecule has 6 heteroatoms. The Morgan fingerprint density at radius 3 is 2.36 bits per heavy atom. The number of amides is 2. The minimum Gasteiger partial charge on any atom is -0.322 e. The lowest BCUT2D eigenvalue weighted by Gasteiger charge is -2.07. The lowest BCUT2D eigenvalue weighted by Crippen LogP contribution is -2.18. The number of hydrogen-bond donors (Lipinski definition) is 2. The van der Waals surface area contributed by atoms with E-state index in [-0.39, 0.29) is 11.8 Å². The summed E-state index contributed by atoms with van der Waals surface area (Å²) in [5.74, 6) is -0.611. The van der Waals surface area contributed by atoms with Gasteiger partial charge in [-0.1, -0.05) is 52.3 Å². The third-order valence-electron chi connectivity index (χ3n) is 4.03. The molecule has 140 valence electrons. The molecular formula is C22H18BrN3O2.